The number of amides is 2. The predicted octanol–water partition coefficient (Wildman–Crippen LogP) is 2.00. The van der Waals surface area contributed by atoms with E-state index in [2.05, 4.69) is 10.6 Å². The molecule has 0 spiro atoms. The van der Waals surface area contributed by atoms with Gasteiger partial charge in [-0.3, -0.25) is 9.69 Å². The highest BCUT2D eigenvalue weighted by atomic mass is 35.5. The van der Waals surface area contributed by atoms with Crippen LogP contribution in [0.15, 0.2) is 24.3 Å². The Morgan fingerprint density at radius 1 is 1.31 bits per heavy atom. The average Bonchev–Trinajstić information content (AvgIpc) is 2.56. The Morgan fingerprint density at radius 3 is 2.50 bits per heavy atom. The molecule has 26 heavy (non-hydrogen) atoms. The summed E-state index contributed by atoms with van der Waals surface area (Å²) in [6, 6.07) is 6.78. The molecule has 1 unspecified atom stereocenters. The normalized spacial score (nSPS) is 20.3. The van der Waals surface area contributed by atoms with Crippen molar-refractivity contribution in [3.05, 3.63) is 34.9 Å². The molecule has 1 fully saturated rings. The summed E-state index contributed by atoms with van der Waals surface area (Å²) in [4.78, 5) is 25.0. The quantitative estimate of drug-likeness (QED) is 0.522. The van der Waals surface area contributed by atoms with Crippen LogP contribution in [0.25, 0.3) is 0 Å². The van der Waals surface area contributed by atoms with Crippen molar-refractivity contribution in [1.29, 1.82) is 0 Å². The van der Waals surface area contributed by atoms with Crippen LogP contribution >= 0.6 is 11.6 Å². The van der Waals surface area contributed by atoms with Crippen LogP contribution < -0.4 is 10.6 Å². The number of aliphatic hydroxyl groups is 1. The summed E-state index contributed by atoms with van der Waals surface area (Å²) in [6.45, 7) is 2.59. The molecule has 0 heterocycles. The number of nitrogens with zero attached hydrogens (tertiary/aromatic N) is 1. The van der Waals surface area contributed by atoms with E-state index in [1.807, 2.05) is 24.0 Å². The van der Waals surface area contributed by atoms with Gasteiger partial charge in [-0.2, -0.15) is 0 Å². The minimum atomic E-state index is -0.837. The molecule has 1 aromatic carbocycles. The van der Waals surface area contributed by atoms with E-state index in [1.165, 1.54) is 0 Å². The summed E-state index contributed by atoms with van der Waals surface area (Å²) in [7, 11) is 0. The molecule has 1 atom stereocenters. The lowest BCUT2D eigenvalue weighted by Gasteiger charge is -2.42. The fourth-order valence-corrected chi connectivity index (χ4v) is 3.33. The number of aliphatic hydroxyl groups excluding tert-OH is 1. The van der Waals surface area contributed by atoms with Gasteiger partial charge in [0, 0.05) is 23.7 Å². The first-order chi connectivity index (χ1) is 12.4. The molecule has 7 nitrogen and oxygen atoms in total. The number of hydrogen-bond donors (Lipinski definition) is 4. The summed E-state index contributed by atoms with van der Waals surface area (Å²) >= 11 is 5.89. The Balaban J connectivity index is 1.82. The molecule has 1 saturated carbocycles. The number of aliphatic carboxylic acids is 1. The van der Waals surface area contributed by atoms with Gasteiger partial charge in [0.2, 0.25) is 0 Å². The third kappa shape index (κ3) is 5.86. The van der Waals surface area contributed by atoms with Crippen LogP contribution in [-0.2, 0) is 4.79 Å². The van der Waals surface area contributed by atoms with Crippen molar-refractivity contribution in [3.8, 4) is 0 Å². The molecule has 0 bridgehead atoms. The van der Waals surface area contributed by atoms with E-state index >= 15 is 0 Å². The van der Waals surface area contributed by atoms with E-state index in [-0.39, 0.29) is 37.3 Å². The van der Waals surface area contributed by atoms with E-state index in [0.29, 0.717) is 18.0 Å². The lowest BCUT2D eigenvalue weighted by molar-refractivity contribution is -0.139. The highest BCUT2D eigenvalue weighted by Crippen LogP contribution is 2.26. The standard InChI is InChI=1S/C18H26ClN3O4/c1-2-22(11-17(24)25)15-9-14(10-15)20-18(26)21-16(7-8-23)12-3-5-13(19)6-4-12/h3-6,14-16,23H,2,7-11H2,1H3,(H,24,25)(H2,20,21,26). The van der Waals surface area contributed by atoms with Crippen LogP contribution in [0.5, 0.6) is 0 Å². The minimum absolute atomic E-state index is 0.0230. The zero-order valence-corrected chi connectivity index (χ0v) is 15.6. The van der Waals surface area contributed by atoms with Crippen molar-refractivity contribution < 1.29 is 19.8 Å². The molecule has 0 saturated heterocycles. The van der Waals surface area contributed by atoms with E-state index in [1.54, 1.807) is 12.1 Å². The van der Waals surface area contributed by atoms with Gasteiger partial charge < -0.3 is 20.8 Å². The average molecular weight is 384 g/mol. The molecule has 0 aromatic heterocycles. The van der Waals surface area contributed by atoms with Crippen LogP contribution in [-0.4, -0.2) is 58.9 Å². The Kier molecular flexibility index (Phi) is 7.68. The third-order valence-corrected chi connectivity index (χ3v) is 4.96. The van der Waals surface area contributed by atoms with Crippen molar-refractivity contribution in [2.24, 2.45) is 0 Å². The molecular weight excluding hydrogens is 358 g/mol. The number of rotatable bonds is 9. The van der Waals surface area contributed by atoms with E-state index in [4.69, 9.17) is 16.7 Å². The van der Waals surface area contributed by atoms with Gasteiger partial charge in [0.25, 0.3) is 0 Å². The Hall–Kier alpha value is -1.83. The molecule has 2 amide bonds. The molecule has 1 aliphatic rings. The number of carboxylic acids is 1. The summed E-state index contributed by atoms with van der Waals surface area (Å²) < 4.78 is 0. The fraction of sp³-hybridized carbons (Fsp3) is 0.556. The number of urea groups is 1. The number of carbonyl (C=O) groups is 2. The van der Waals surface area contributed by atoms with Crippen LogP contribution in [0.3, 0.4) is 0 Å². The SMILES string of the molecule is CCN(CC(=O)O)C1CC(NC(=O)NC(CCO)c2ccc(Cl)cc2)C1. The minimum Gasteiger partial charge on any atom is -0.480 e. The molecule has 4 N–H and O–H groups in total. The second-order valence-electron chi connectivity index (χ2n) is 6.51. The largest absolute Gasteiger partial charge is 0.480 e. The number of likely N-dealkylation sites (N-methyl/N-ethyl adjacent to an activating group) is 1. The van der Waals surface area contributed by atoms with Crippen LogP contribution in [0, 0.1) is 0 Å². The number of nitrogens with one attached hydrogen (secondary N) is 2. The number of carboxylic acid groups (broad SMARTS) is 1. The van der Waals surface area contributed by atoms with Gasteiger partial charge in [-0.25, -0.2) is 4.79 Å². The highest BCUT2D eigenvalue weighted by molar-refractivity contribution is 6.30. The molecule has 1 aromatic rings. The van der Waals surface area contributed by atoms with Gasteiger partial charge in [-0.1, -0.05) is 30.7 Å². The maximum atomic E-state index is 12.3. The maximum Gasteiger partial charge on any atom is 0.317 e. The van der Waals surface area contributed by atoms with Gasteiger partial charge >= 0.3 is 12.0 Å². The Labute approximate surface area is 158 Å². The lowest BCUT2D eigenvalue weighted by Crippen LogP contribution is -2.56. The summed E-state index contributed by atoms with van der Waals surface area (Å²) in [5, 5.41) is 24.6. The zero-order chi connectivity index (χ0) is 19.1. The van der Waals surface area contributed by atoms with Crippen molar-refractivity contribution in [2.45, 2.75) is 44.3 Å². The van der Waals surface area contributed by atoms with Crippen LogP contribution in [0.4, 0.5) is 4.79 Å². The number of hydrogen-bond acceptors (Lipinski definition) is 4. The van der Waals surface area contributed by atoms with E-state index in [9.17, 15) is 14.7 Å². The summed E-state index contributed by atoms with van der Waals surface area (Å²) in [5.41, 5.74) is 0.878. The molecular formula is C18H26ClN3O4. The monoisotopic (exact) mass is 383 g/mol. The lowest BCUT2D eigenvalue weighted by atomic mass is 9.85. The highest BCUT2D eigenvalue weighted by Gasteiger charge is 2.34. The fourth-order valence-electron chi connectivity index (χ4n) is 3.21. The Bertz CT molecular complexity index is 605. The van der Waals surface area contributed by atoms with Gasteiger partial charge in [-0.05, 0) is 43.5 Å². The number of halogens is 1. The van der Waals surface area contributed by atoms with Crippen molar-refractivity contribution >= 4 is 23.6 Å². The van der Waals surface area contributed by atoms with Gasteiger partial charge in [0.15, 0.2) is 0 Å². The number of carbonyl (C=O) groups excluding carboxylic acids is 1. The summed E-state index contributed by atoms with van der Waals surface area (Å²) in [5.74, 6) is -0.837. The van der Waals surface area contributed by atoms with Gasteiger partial charge in [0.05, 0.1) is 12.6 Å². The van der Waals surface area contributed by atoms with E-state index < -0.39 is 5.97 Å². The van der Waals surface area contributed by atoms with E-state index in [0.717, 1.165) is 18.4 Å². The third-order valence-electron chi connectivity index (χ3n) is 4.70. The first-order valence-electron chi connectivity index (χ1n) is 8.82. The smallest absolute Gasteiger partial charge is 0.317 e. The first kappa shape index (κ1) is 20.5. The van der Waals surface area contributed by atoms with Crippen molar-refractivity contribution in [2.75, 3.05) is 19.7 Å². The predicted molar refractivity (Wildman–Crippen MR) is 99.3 cm³/mol. The van der Waals surface area contributed by atoms with Gasteiger partial charge in [0.1, 0.15) is 0 Å². The number of benzene rings is 1. The molecule has 0 radical (unpaired) electrons. The zero-order valence-electron chi connectivity index (χ0n) is 14.8. The maximum absolute atomic E-state index is 12.3. The van der Waals surface area contributed by atoms with Crippen molar-refractivity contribution in [3.63, 3.8) is 0 Å². The molecule has 8 heteroatoms. The second kappa shape index (κ2) is 9.75. The Morgan fingerprint density at radius 2 is 1.96 bits per heavy atom. The molecule has 1 aliphatic carbocycles. The van der Waals surface area contributed by atoms with Gasteiger partial charge in [-0.15, -0.1) is 0 Å². The molecule has 144 valence electrons. The molecule has 2 rings (SSSR count). The molecule has 0 aliphatic heterocycles. The van der Waals surface area contributed by atoms with Crippen LogP contribution in [0.2, 0.25) is 5.02 Å². The topological polar surface area (TPSA) is 102 Å². The first-order valence-corrected chi connectivity index (χ1v) is 9.19. The second-order valence-corrected chi connectivity index (χ2v) is 6.95. The van der Waals surface area contributed by atoms with Crippen molar-refractivity contribution in [1.82, 2.24) is 15.5 Å². The van der Waals surface area contributed by atoms with Crippen LogP contribution in [0.1, 0.15) is 37.8 Å². The summed E-state index contributed by atoms with van der Waals surface area (Å²) in [6.07, 6.45) is 1.88.